The van der Waals surface area contributed by atoms with Crippen LogP contribution in [0.1, 0.15) is 26.2 Å². The first-order chi connectivity index (χ1) is 7.68. The minimum absolute atomic E-state index is 0.108. The summed E-state index contributed by atoms with van der Waals surface area (Å²) < 4.78 is 5.07. The van der Waals surface area contributed by atoms with Crippen LogP contribution in [0.3, 0.4) is 0 Å². The van der Waals surface area contributed by atoms with Gasteiger partial charge < -0.3 is 4.74 Å². The minimum atomic E-state index is -1.05. The highest BCUT2D eigenvalue weighted by molar-refractivity contribution is 6.08. The summed E-state index contributed by atoms with van der Waals surface area (Å²) in [6.45, 7) is 3.34. The second kappa shape index (κ2) is 4.37. The second-order valence-electron chi connectivity index (χ2n) is 4.36. The molecule has 2 heterocycles. The number of carbonyl (C=O) groups is 2. The molecule has 4 heteroatoms. The Labute approximate surface area is 95.2 Å². The number of allylic oxidation sites excluding steroid dienone is 1. The van der Waals surface area contributed by atoms with Gasteiger partial charge >= 0.3 is 5.97 Å². The van der Waals surface area contributed by atoms with Crippen molar-refractivity contribution in [2.75, 3.05) is 19.7 Å². The molecule has 1 unspecified atom stereocenters. The first kappa shape index (κ1) is 11.3. The van der Waals surface area contributed by atoms with Crippen LogP contribution in [-0.2, 0) is 14.3 Å². The Morgan fingerprint density at radius 2 is 2.25 bits per heavy atom. The van der Waals surface area contributed by atoms with E-state index in [1.54, 1.807) is 0 Å². The number of rotatable bonds is 1. The van der Waals surface area contributed by atoms with Gasteiger partial charge in [0.1, 0.15) is 6.61 Å². The number of esters is 1. The molecule has 0 aromatic rings. The molecule has 0 saturated carbocycles. The summed E-state index contributed by atoms with van der Waals surface area (Å²) >= 11 is 0. The van der Waals surface area contributed by atoms with E-state index in [0.717, 1.165) is 19.4 Å². The van der Waals surface area contributed by atoms with Gasteiger partial charge in [0.2, 0.25) is 0 Å². The van der Waals surface area contributed by atoms with Crippen molar-refractivity contribution in [3.8, 4) is 0 Å². The smallest absolute Gasteiger partial charge is 0.334 e. The molecule has 0 aromatic heterocycles. The number of cyclic esters (lactones) is 1. The largest absolute Gasteiger partial charge is 0.463 e. The quantitative estimate of drug-likeness (QED) is 0.376. The number of hydrogen-bond donors (Lipinski definition) is 0. The molecule has 0 radical (unpaired) electrons. The average molecular weight is 223 g/mol. The van der Waals surface area contributed by atoms with Crippen LogP contribution >= 0.6 is 0 Å². The number of morpholine rings is 1. The van der Waals surface area contributed by atoms with Crippen molar-refractivity contribution >= 4 is 11.8 Å². The van der Waals surface area contributed by atoms with Crippen LogP contribution in [0.4, 0.5) is 0 Å². The molecule has 4 nitrogen and oxygen atoms in total. The number of carbonyl (C=O) groups excluding carboxylic acids is 2. The number of nitrogens with zero attached hydrogens (tertiary/aromatic N) is 1. The molecule has 2 aliphatic rings. The van der Waals surface area contributed by atoms with Crippen LogP contribution < -0.4 is 0 Å². The topological polar surface area (TPSA) is 46.6 Å². The highest BCUT2D eigenvalue weighted by Crippen LogP contribution is 2.29. The van der Waals surface area contributed by atoms with Crippen molar-refractivity contribution in [3.05, 3.63) is 12.2 Å². The molecular weight excluding hydrogens is 206 g/mol. The van der Waals surface area contributed by atoms with Crippen molar-refractivity contribution in [1.82, 2.24) is 4.90 Å². The summed E-state index contributed by atoms with van der Waals surface area (Å²) in [6.07, 6.45) is 6.42. The summed E-state index contributed by atoms with van der Waals surface area (Å²) in [6, 6.07) is 0. The normalized spacial score (nSPS) is 33.2. The maximum atomic E-state index is 11.9. The Balaban J connectivity index is 2.38. The van der Waals surface area contributed by atoms with E-state index in [1.807, 2.05) is 17.1 Å². The minimum Gasteiger partial charge on any atom is -0.463 e. The Morgan fingerprint density at radius 3 is 3.00 bits per heavy atom. The van der Waals surface area contributed by atoms with Crippen molar-refractivity contribution in [2.24, 2.45) is 0 Å². The standard InChI is InChI=1S/C12H17NO3/c1-10(14)12-6-4-2-3-5-7-13(12)8-9-16-11(12)15/h2,4H,3,5-9H2,1H3/b4-2-. The number of ketones is 1. The van der Waals surface area contributed by atoms with E-state index < -0.39 is 5.54 Å². The van der Waals surface area contributed by atoms with E-state index in [-0.39, 0.29) is 11.8 Å². The molecule has 1 fully saturated rings. The van der Waals surface area contributed by atoms with Crippen LogP contribution in [0, 0.1) is 0 Å². The lowest BCUT2D eigenvalue weighted by Gasteiger charge is -2.43. The van der Waals surface area contributed by atoms with Crippen LogP contribution in [-0.4, -0.2) is 41.9 Å². The molecule has 0 amide bonds. The Kier molecular flexibility index (Phi) is 3.10. The number of fused-ring (bicyclic) bond motifs is 1. The van der Waals surface area contributed by atoms with E-state index in [0.29, 0.717) is 19.6 Å². The predicted octanol–water partition coefficient (Wildman–Crippen LogP) is 0.913. The van der Waals surface area contributed by atoms with E-state index in [4.69, 9.17) is 4.74 Å². The van der Waals surface area contributed by atoms with Gasteiger partial charge in [-0.3, -0.25) is 9.69 Å². The molecule has 2 aliphatic heterocycles. The molecule has 88 valence electrons. The first-order valence-corrected chi connectivity index (χ1v) is 5.76. The molecule has 0 aromatic carbocycles. The van der Waals surface area contributed by atoms with Crippen molar-refractivity contribution < 1.29 is 14.3 Å². The molecule has 1 saturated heterocycles. The zero-order valence-corrected chi connectivity index (χ0v) is 9.57. The van der Waals surface area contributed by atoms with Crippen LogP contribution in [0.15, 0.2) is 12.2 Å². The number of hydrogen-bond acceptors (Lipinski definition) is 4. The lowest BCUT2D eigenvalue weighted by molar-refractivity contribution is -0.172. The number of ether oxygens (including phenoxy) is 1. The maximum Gasteiger partial charge on any atom is 0.334 e. The van der Waals surface area contributed by atoms with Crippen LogP contribution in [0.5, 0.6) is 0 Å². The zero-order valence-electron chi connectivity index (χ0n) is 9.57. The van der Waals surface area contributed by atoms with Gasteiger partial charge in [0.25, 0.3) is 0 Å². The van der Waals surface area contributed by atoms with Gasteiger partial charge in [0, 0.05) is 19.5 Å². The third kappa shape index (κ3) is 1.67. The highest BCUT2D eigenvalue weighted by Gasteiger charge is 2.51. The fourth-order valence-corrected chi connectivity index (χ4v) is 2.48. The zero-order chi connectivity index (χ0) is 11.6. The van der Waals surface area contributed by atoms with E-state index in [1.165, 1.54) is 6.92 Å². The SMILES string of the molecule is CC(=O)C12C/C=C\CCCN1CCOC2=O. The lowest BCUT2D eigenvalue weighted by atomic mass is 9.86. The van der Waals surface area contributed by atoms with Crippen molar-refractivity contribution in [3.63, 3.8) is 0 Å². The Morgan fingerprint density at radius 1 is 1.44 bits per heavy atom. The van der Waals surface area contributed by atoms with Crippen LogP contribution in [0.2, 0.25) is 0 Å². The summed E-state index contributed by atoms with van der Waals surface area (Å²) in [4.78, 5) is 25.8. The van der Waals surface area contributed by atoms with Gasteiger partial charge in [0.05, 0.1) is 0 Å². The summed E-state index contributed by atoms with van der Waals surface area (Å²) in [5.74, 6) is -0.485. The summed E-state index contributed by atoms with van der Waals surface area (Å²) in [5.41, 5.74) is -1.05. The third-order valence-electron chi connectivity index (χ3n) is 3.43. The third-order valence-corrected chi connectivity index (χ3v) is 3.43. The second-order valence-corrected chi connectivity index (χ2v) is 4.36. The Hall–Kier alpha value is -1.16. The van der Waals surface area contributed by atoms with E-state index in [9.17, 15) is 9.59 Å². The maximum absolute atomic E-state index is 11.9. The van der Waals surface area contributed by atoms with Gasteiger partial charge in [-0.2, -0.15) is 0 Å². The van der Waals surface area contributed by atoms with E-state index >= 15 is 0 Å². The highest BCUT2D eigenvalue weighted by atomic mass is 16.5. The lowest BCUT2D eigenvalue weighted by Crippen LogP contribution is -2.64. The average Bonchev–Trinajstić information content (AvgIpc) is 2.20. The summed E-state index contributed by atoms with van der Waals surface area (Å²) in [5, 5.41) is 0. The molecule has 16 heavy (non-hydrogen) atoms. The fraction of sp³-hybridized carbons (Fsp3) is 0.667. The summed E-state index contributed by atoms with van der Waals surface area (Å²) in [7, 11) is 0. The van der Waals surface area contributed by atoms with Crippen LogP contribution in [0.25, 0.3) is 0 Å². The monoisotopic (exact) mass is 223 g/mol. The predicted molar refractivity (Wildman–Crippen MR) is 58.9 cm³/mol. The molecule has 0 N–H and O–H groups in total. The van der Waals surface area contributed by atoms with Crippen molar-refractivity contribution in [1.29, 1.82) is 0 Å². The molecule has 0 spiro atoms. The fourth-order valence-electron chi connectivity index (χ4n) is 2.48. The molecule has 1 atom stereocenters. The molecular formula is C12H17NO3. The molecule has 0 aliphatic carbocycles. The molecule has 2 rings (SSSR count). The first-order valence-electron chi connectivity index (χ1n) is 5.76. The van der Waals surface area contributed by atoms with Gasteiger partial charge in [-0.1, -0.05) is 12.2 Å². The van der Waals surface area contributed by atoms with Gasteiger partial charge in [0.15, 0.2) is 11.3 Å². The Bertz CT molecular complexity index is 337. The number of Topliss-reactive ketones (excluding diaryl/α,β-unsaturated/α-hetero) is 1. The van der Waals surface area contributed by atoms with Gasteiger partial charge in [-0.25, -0.2) is 4.79 Å². The van der Waals surface area contributed by atoms with Gasteiger partial charge in [-0.05, 0) is 19.8 Å². The van der Waals surface area contributed by atoms with Crippen molar-refractivity contribution in [2.45, 2.75) is 31.7 Å². The van der Waals surface area contributed by atoms with Gasteiger partial charge in [-0.15, -0.1) is 0 Å². The molecule has 0 bridgehead atoms. The van der Waals surface area contributed by atoms with E-state index in [2.05, 4.69) is 0 Å².